The van der Waals surface area contributed by atoms with E-state index in [4.69, 9.17) is 5.41 Å². The van der Waals surface area contributed by atoms with Crippen LogP contribution in [0.25, 0.3) is 0 Å². The molecular formula is C17H16FN3O2. The molecular weight excluding hydrogens is 297 g/mol. The Hall–Kier alpha value is -2.89. The number of amides is 2. The summed E-state index contributed by atoms with van der Waals surface area (Å²) >= 11 is 0. The third-order valence-electron chi connectivity index (χ3n) is 3.86. The SMILES string of the molecule is N=C1CCC(c2ccccc2)N1C(=O)Nc1ccc(O)c(F)c1. The van der Waals surface area contributed by atoms with Crippen LogP contribution in [0.15, 0.2) is 48.5 Å². The van der Waals surface area contributed by atoms with E-state index in [0.29, 0.717) is 12.8 Å². The molecule has 0 aromatic heterocycles. The molecule has 0 spiro atoms. The lowest BCUT2D eigenvalue weighted by molar-refractivity contribution is 0.225. The lowest BCUT2D eigenvalue weighted by Gasteiger charge is -2.25. The van der Waals surface area contributed by atoms with Gasteiger partial charge in [0.15, 0.2) is 11.6 Å². The van der Waals surface area contributed by atoms with E-state index in [2.05, 4.69) is 5.32 Å². The number of benzene rings is 2. The second-order valence-electron chi connectivity index (χ2n) is 5.38. The second-order valence-corrected chi connectivity index (χ2v) is 5.38. The second kappa shape index (κ2) is 6.08. The van der Waals surface area contributed by atoms with Crippen molar-refractivity contribution in [2.24, 2.45) is 0 Å². The predicted molar refractivity (Wildman–Crippen MR) is 85.1 cm³/mol. The van der Waals surface area contributed by atoms with Crippen LogP contribution in [0, 0.1) is 11.2 Å². The Morgan fingerprint density at radius 3 is 2.70 bits per heavy atom. The summed E-state index contributed by atoms with van der Waals surface area (Å²) in [4.78, 5) is 13.9. The average Bonchev–Trinajstić information content (AvgIpc) is 2.93. The molecule has 0 radical (unpaired) electrons. The number of likely N-dealkylation sites (tertiary alicyclic amines) is 1. The molecule has 0 aliphatic carbocycles. The monoisotopic (exact) mass is 313 g/mol. The molecule has 1 atom stereocenters. The molecule has 2 aromatic carbocycles. The van der Waals surface area contributed by atoms with E-state index in [1.165, 1.54) is 17.0 Å². The van der Waals surface area contributed by atoms with Gasteiger partial charge in [-0.2, -0.15) is 0 Å². The third kappa shape index (κ3) is 3.01. The Morgan fingerprint density at radius 1 is 1.26 bits per heavy atom. The van der Waals surface area contributed by atoms with Crippen LogP contribution >= 0.6 is 0 Å². The molecule has 0 bridgehead atoms. The number of phenols is 1. The Morgan fingerprint density at radius 2 is 2.00 bits per heavy atom. The molecule has 5 nitrogen and oxygen atoms in total. The molecule has 6 heteroatoms. The molecule has 0 saturated carbocycles. The Balaban J connectivity index is 1.81. The van der Waals surface area contributed by atoms with Crippen molar-refractivity contribution in [1.29, 1.82) is 5.41 Å². The Labute approximate surface area is 132 Å². The maximum Gasteiger partial charge on any atom is 0.327 e. The lowest BCUT2D eigenvalue weighted by atomic mass is 10.1. The van der Waals surface area contributed by atoms with E-state index in [9.17, 15) is 14.3 Å². The zero-order valence-electron chi connectivity index (χ0n) is 12.3. The summed E-state index contributed by atoms with van der Waals surface area (Å²) in [5.41, 5.74) is 1.19. The molecule has 1 heterocycles. The fourth-order valence-electron chi connectivity index (χ4n) is 2.73. The van der Waals surface area contributed by atoms with Gasteiger partial charge in [-0.15, -0.1) is 0 Å². The highest BCUT2D eigenvalue weighted by Gasteiger charge is 2.34. The van der Waals surface area contributed by atoms with E-state index < -0.39 is 17.6 Å². The van der Waals surface area contributed by atoms with Crippen LogP contribution < -0.4 is 5.32 Å². The van der Waals surface area contributed by atoms with E-state index >= 15 is 0 Å². The van der Waals surface area contributed by atoms with Gasteiger partial charge in [0, 0.05) is 18.2 Å². The van der Waals surface area contributed by atoms with Crippen molar-refractivity contribution >= 4 is 17.6 Å². The number of carbonyl (C=O) groups is 1. The highest BCUT2D eigenvalue weighted by molar-refractivity contribution is 6.03. The fraction of sp³-hybridized carbons (Fsp3) is 0.176. The number of amidine groups is 1. The largest absolute Gasteiger partial charge is 0.505 e. The summed E-state index contributed by atoms with van der Waals surface area (Å²) in [6.45, 7) is 0. The summed E-state index contributed by atoms with van der Waals surface area (Å²) in [5, 5.41) is 19.8. The molecule has 23 heavy (non-hydrogen) atoms. The first-order valence-corrected chi connectivity index (χ1v) is 7.27. The van der Waals surface area contributed by atoms with Crippen molar-refractivity contribution in [1.82, 2.24) is 4.90 Å². The zero-order valence-corrected chi connectivity index (χ0v) is 12.3. The topological polar surface area (TPSA) is 76.4 Å². The summed E-state index contributed by atoms with van der Waals surface area (Å²) in [6.07, 6.45) is 1.19. The third-order valence-corrected chi connectivity index (χ3v) is 3.86. The van der Waals surface area contributed by atoms with Crippen LogP contribution in [-0.4, -0.2) is 21.9 Å². The number of phenolic OH excluding ortho intramolecular Hbond substituents is 1. The molecule has 1 saturated heterocycles. The van der Waals surface area contributed by atoms with Crippen molar-refractivity contribution in [2.45, 2.75) is 18.9 Å². The number of carbonyl (C=O) groups excluding carboxylic acids is 1. The Bertz CT molecular complexity index is 749. The van der Waals surface area contributed by atoms with Crippen molar-refractivity contribution in [3.05, 3.63) is 59.9 Å². The molecule has 2 aromatic rings. The van der Waals surface area contributed by atoms with Crippen molar-refractivity contribution < 1.29 is 14.3 Å². The van der Waals surface area contributed by atoms with Gasteiger partial charge in [0.2, 0.25) is 0 Å². The first-order valence-electron chi connectivity index (χ1n) is 7.27. The lowest BCUT2D eigenvalue weighted by Crippen LogP contribution is -2.37. The summed E-state index contributed by atoms with van der Waals surface area (Å²) in [5.74, 6) is -1.05. The maximum absolute atomic E-state index is 13.4. The highest BCUT2D eigenvalue weighted by atomic mass is 19.1. The van der Waals surface area contributed by atoms with Gasteiger partial charge in [-0.05, 0) is 24.1 Å². The van der Waals surface area contributed by atoms with Gasteiger partial charge in [0.1, 0.15) is 5.84 Å². The fourth-order valence-corrected chi connectivity index (χ4v) is 2.73. The van der Waals surface area contributed by atoms with E-state index in [1.54, 1.807) is 0 Å². The standard InChI is InChI=1S/C17H16FN3O2/c18-13-10-12(6-8-15(13)22)20-17(23)21-14(7-9-16(21)19)11-4-2-1-3-5-11/h1-6,8,10,14,19,22H,7,9H2,(H,20,23). The molecule has 1 aliphatic rings. The van der Waals surface area contributed by atoms with Gasteiger partial charge in [0.25, 0.3) is 0 Å². The van der Waals surface area contributed by atoms with Crippen molar-refractivity contribution in [3.8, 4) is 5.75 Å². The summed E-state index contributed by atoms with van der Waals surface area (Å²) in [6, 6.07) is 12.5. The first-order chi connectivity index (χ1) is 11.1. The minimum Gasteiger partial charge on any atom is -0.505 e. The number of anilines is 1. The van der Waals surface area contributed by atoms with Gasteiger partial charge in [-0.1, -0.05) is 30.3 Å². The smallest absolute Gasteiger partial charge is 0.327 e. The van der Waals surface area contributed by atoms with Gasteiger partial charge in [-0.3, -0.25) is 10.3 Å². The zero-order chi connectivity index (χ0) is 16.4. The number of halogens is 1. The van der Waals surface area contributed by atoms with Gasteiger partial charge in [0.05, 0.1) is 6.04 Å². The van der Waals surface area contributed by atoms with Crippen LogP contribution in [0.3, 0.4) is 0 Å². The summed E-state index contributed by atoms with van der Waals surface area (Å²) < 4.78 is 13.4. The van der Waals surface area contributed by atoms with Crippen molar-refractivity contribution in [3.63, 3.8) is 0 Å². The maximum atomic E-state index is 13.4. The van der Waals surface area contributed by atoms with Crippen LogP contribution in [0.4, 0.5) is 14.9 Å². The number of hydrogen-bond acceptors (Lipinski definition) is 3. The molecule has 3 N–H and O–H groups in total. The normalized spacial score (nSPS) is 17.3. The minimum atomic E-state index is -0.807. The molecule has 2 amide bonds. The van der Waals surface area contributed by atoms with E-state index in [1.807, 2.05) is 30.3 Å². The minimum absolute atomic E-state index is 0.203. The number of nitrogens with zero attached hydrogens (tertiary/aromatic N) is 1. The molecule has 1 unspecified atom stereocenters. The quantitative estimate of drug-likeness (QED) is 0.736. The van der Waals surface area contributed by atoms with E-state index in [-0.39, 0.29) is 17.6 Å². The van der Waals surface area contributed by atoms with Gasteiger partial charge >= 0.3 is 6.03 Å². The molecule has 1 fully saturated rings. The predicted octanol–water partition coefficient (Wildman–Crippen LogP) is 3.88. The van der Waals surface area contributed by atoms with Crippen LogP contribution in [0.5, 0.6) is 5.75 Å². The summed E-state index contributed by atoms with van der Waals surface area (Å²) in [7, 11) is 0. The van der Waals surface area contributed by atoms with Gasteiger partial charge in [-0.25, -0.2) is 9.18 Å². The van der Waals surface area contributed by atoms with Crippen LogP contribution in [-0.2, 0) is 0 Å². The number of rotatable bonds is 2. The number of nitrogens with one attached hydrogen (secondary N) is 2. The Kier molecular flexibility index (Phi) is 3.97. The first kappa shape index (κ1) is 15.0. The van der Waals surface area contributed by atoms with Crippen LogP contribution in [0.2, 0.25) is 0 Å². The van der Waals surface area contributed by atoms with Crippen molar-refractivity contribution in [2.75, 3.05) is 5.32 Å². The van der Waals surface area contributed by atoms with E-state index in [0.717, 1.165) is 11.6 Å². The number of hydrogen-bond donors (Lipinski definition) is 3. The number of urea groups is 1. The average molecular weight is 313 g/mol. The van der Waals surface area contributed by atoms with Gasteiger partial charge < -0.3 is 10.4 Å². The number of aromatic hydroxyl groups is 1. The van der Waals surface area contributed by atoms with Crippen LogP contribution in [0.1, 0.15) is 24.4 Å². The molecule has 1 aliphatic heterocycles. The molecule has 118 valence electrons. The highest BCUT2D eigenvalue weighted by Crippen LogP contribution is 2.33. The molecule has 3 rings (SSSR count).